The highest BCUT2D eigenvalue weighted by Crippen LogP contribution is 2.19. The summed E-state index contributed by atoms with van der Waals surface area (Å²) in [6, 6.07) is 8.87. The monoisotopic (exact) mass is 327 g/mol. The largest absolute Gasteiger partial charge is 0.394 e. The van der Waals surface area contributed by atoms with Crippen LogP contribution < -0.4 is 5.32 Å². The van der Waals surface area contributed by atoms with Crippen LogP contribution in [0.1, 0.15) is 5.56 Å². The fourth-order valence-corrected chi connectivity index (χ4v) is 2.39. The molecule has 0 aromatic heterocycles. The Bertz CT molecular complexity index is 510. The van der Waals surface area contributed by atoms with Gasteiger partial charge in [-0.25, -0.2) is 0 Å². The molecule has 6 N–H and O–H groups in total. The van der Waals surface area contributed by atoms with E-state index >= 15 is 0 Å². The van der Waals surface area contributed by atoms with Gasteiger partial charge in [-0.1, -0.05) is 30.3 Å². The number of aliphatic hydroxyl groups is 5. The van der Waals surface area contributed by atoms with Gasteiger partial charge in [0.1, 0.15) is 30.5 Å². The Morgan fingerprint density at radius 2 is 1.78 bits per heavy atom. The Kier molecular flexibility index (Phi) is 6.05. The quantitative estimate of drug-likeness (QED) is 0.351. The van der Waals surface area contributed by atoms with Crippen LogP contribution in [-0.2, 0) is 16.0 Å². The van der Waals surface area contributed by atoms with Gasteiger partial charge >= 0.3 is 0 Å². The third-order valence-electron chi connectivity index (χ3n) is 3.75. The predicted octanol–water partition coefficient (Wildman–Crippen LogP) is -2.49. The van der Waals surface area contributed by atoms with E-state index in [9.17, 15) is 25.2 Å². The number of amides is 1. The lowest BCUT2D eigenvalue weighted by Gasteiger charge is -2.40. The van der Waals surface area contributed by atoms with Crippen LogP contribution in [0.25, 0.3) is 0 Å². The normalized spacial score (nSPS) is 32.3. The molecule has 0 bridgehead atoms. The maximum atomic E-state index is 12.0. The van der Waals surface area contributed by atoms with Crippen molar-refractivity contribution in [3.63, 3.8) is 0 Å². The van der Waals surface area contributed by atoms with E-state index in [-0.39, 0.29) is 6.42 Å². The first-order valence-electron chi connectivity index (χ1n) is 7.27. The van der Waals surface area contributed by atoms with Gasteiger partial charge in [0.15, 0.2) is 6.23 Å². The maximum Gasteiger partial charge on any atom is 0.251 e. The molecule has 1 heterocycles. The molecule has 8 nitrogen and oxygen atoms in total. The summed E-state index contributed by atoms with van der Waals surface area (Å²) < 4.78 is 5.15. The first-order valence-corrected chi connectivity index (χ1v) is 7.27. The Hall–Kier alpha value is -1.55. The van der Waals surface area contributed by atoms with Crippen molar-refractivity contribution in [3.8, 4) is 0 Å². The molecule has 0 unspecified atom stereocenters. The lowest BCUT2D eigenvalue weighted by Crippen LogP contribution is -2.64. The minimum Gasteiger partial charge on any atom is -0.394 e. The highest BCUT2D eigenvalue weighted by atomic mass is 16.6. The molecular formula is C15H21NO7. The standard InChI is InChI=1S/C15H21NO7/c17-7-10-11(19)12(20)13(21)15(23-10)16-14(22)9(18)6-8-4-2-1-3-5-8/h1-5,9-13,15,17-21H,6-7H2,(H,16,22)/t9-,10+,11+,12-,13+,15+/m0/s1. The average Bonchev–Trinajstić information content (AvgIpc) is 2.56. The second-order valence-electron chi connectivity index (χ2n) is 5.46. The van der Waals surface area contributed by atoms with Crippen molar-refractivity contribution >= 4 is 5.91 Å². The van der Waals surface area contributed by atoms with Crippen molar-refractivity contribution < 1.29 is 35.1 Å². The molecule has 0 radical (unpaired) electrons. The molecule has 0 aliphatic carbocycles. The van der Waals surface area contributed by atoms with Crippen molar-refractivity contribution in [2.45, 2.75) is 43.2 Å². The van der Waals surface area contributed by atoms with Crippen LogP contribution in [0.4, 0.5) is 0 Å². The molecule has 1 aromatic carbocycles. The zero-order chi connectivity index (χ0) is 17.0. The third-order valence-corrected chi connectivity index (χ3v) is 3.75. The number of rotatable bonds is 5. The van der Waals surface area contributed by atoms with Crippen LogP contribution in [0, 0.1) is 0 Å². The third kappa shape index (κ3) is 4.25. The van der Waals surface area contributed by atoms with Crippen LogP contribution in [-0.4, -0.2) is 74.8 Å². The second-order valence-corrected chi connectivity index (χ2v) is 5.46. The van der Waals surface area contributed by atoms with Crippen molar-refractivity contribution in [1.82, 2.24) is 5.32 Å². The van der Waals surface area contributed by atoms with Crippen molar-refractivity contribution in [1.29, 1.82) is 0 Å². The van der Waals surface area contributed by atoms with E-state index in [4.69, 9.17) is 9.84 Å². The molecule has 6 atom stereocenters. The van der Waals surface area contributed by atoms with E-state index in [0.29, 0.717) is 0 Å². The van der Waals surface area contributed by atoms with Crippen LogP contribution >= 0.6 is 0 Å². The number of carbonyl (C=O) groups is 1. The lowest BCUT2D eigenvalue weighted by atomic mass is 9.98. The summed E-state index contributed by atoms with van der Waals surface area (Å²) in [5.41, 5.74) is 0.754. The minimum atomic E-state index is -1.59. The van der Waals surface area contributed by atoms with Gasteiger partial charge in [-0.2, -0.15) is 0 Å². The number of benzene rings is 1. The Morgan fingerprint density at radius 1 is 1.13 bits per heavy atom. The molecule has 1 fully saturated rings. The molecule has 1 saturated heterocycles. The van der Waals surface area contributed by atoms with E-state index in [1.165, 1.54) is 0 Å². The van der Waals surface area contributed by atoms with Gasteiger partial charge < -0.3 is 35.6 Å². The smallest absolute Gasteiger partial charge is 0.251 e. The molecule has 0 spiro atoms. The summed E-state index contributed by atoms with van der Waals surface area (Å²) in [7, 11) is 0. The first kappa shape index (κ1) is 17.8. The first-order chi connectivity index (χ1) is 10.9. The summed E-state index contributed by atoms with van der Waals surface area (Å²) >= 11 is 0. The number of aliphatic hydroxyl groups excluding tert-OH is 5. The van der Waals surface area contributed by atoms with Gasteiger partial charge in [0.05, 0.1) is 6.61 Å². The maximum absolute atomic E-state index is 12.0. The van der Waals surface area contributed by atoms with Crippen molar-refractivity contribution in [3.05, 3.63) is 35.9 Å². The Morgan fingerprint density at radius 3 is 2.39 bits per heavy atom. The van der Waals surface area contributed by atoms with E-state index in [1.54, 1.807) is 24.3 Å². The van der Waals surface area contributed by atoms with Crippen molar-refractivity contribution in [2.75, 3.05) is 6.61 Å². The van der Waals surface area contributed by atoms with Crippen LogP contribution in [0.2, 0.25) is 0 Å². The highest BCUT2D eigenvalue weighted by molar-refractivity contribution is 5.81. The van der Waals surface area contributed by atoms with E-state index in [1.807, 2.05) is 6.07 Å². The van der Waals surface area contributed by atoms with Gasteiger partial charge in [0.2, 0.25) is 0 Å². The fourth-order valence-electron chi connectivity index (χ4n) is 2.39. The molecule has 128 valence electrons. The van der Waals surface area contributed by atoms with Gasteiger partial charge in [-0.15, -0.1) is 0 Å². The number of ether oxygens (including phenoxy) is 1. The van der Waals surface area contributed by atoms with Crippen LogP contribution in [0.5, 0.6) is 0 Å². The van der Waals surface area contributed by atoms with Gasteiger partial charge in [0.25, 0.3) is 5.91 Å². The molecule has 1 amide bonds. The molecule has 1 aromatic rings. The van der Waals surface area contributed by atoms with Gasteiger partial charge in [0, 0.05) is 6.42 Å². The SMILES string of the molecule is O=C(N[C@@H]1O[C@H](CO)[C@@H](O)[C@H](O)[C@H]1O)[C@@H](O)Cc1ccccc1. The number of hydrogen-bond donors (Lipinski definition) is 6. The zero-order valence-corrected chi connectivity index (χ0v) is 12.3. The molecule has 1 aliphatic rings. The Labute approximate surface area is 133 Å². The summed E-state index contributed by atoms with van der Waals surface area (Å²) in [5.74, 6) is -0.793. The van der Waals surface area contributed by atoms with Gasteiger partial charge in [-0.05, 0) is 5.56 Å². The summed E-state index contributed by atoms with van der Waals surface area (Å²) in [4.78, 5) is 12.0. The van der Waals surface area contributed by atoms with E-state index < -0.39 is 49.3 Å². The summed E-state index contributed by atoms with van der Waals surface area (Å²) in [5, 5.41) is 50.4. The molecule has 23 heavy (non-hydrogen) atoms. The van der Waals surface area contributed by atoms with E-state index in [2.05, 4.69) is 5.32 Å². The zero-order valence-electron chi connectivity index (χ0n) is 12.3. The highest BCUT2D eigenvalue weighted by Gasteiger charge is 2.44. The van der Waals surface area contributed by atoms with Crippen molar-refractivity contribution in [2.24, 2.45) is 0 Å². The summed E-state index contributed by atoms with van der Waals surface area (Å²) in [6.45, 7) is -0.593. The molecule has 2 rings (SSSR count). The van der Waals surface area contributed by atoms with Gasteiger partial charge in [-0.3, -0.25) is 4.79 Å². The Balaban J connectivity index is 1.95. The van der Waals surface area contributed by atoms with Crippen LogP contribution in [0.15, 0.2) is 30.3 Å². The summed E-state index contributed by atoms with van der Waals surface area (Å²) in [6.07, 6.45) is -8.43. The number of carbonyl (C=O) groups excluding carboxylic acids is 1. The number of nitrogens with one attached hydrogen (secondary N) is 1. The van der Waals surface area contributed by atoms with Crippen LogP contribution in [0.3, 0.4) is 0 Å². The predicted molar refractivity (Wildman–Crippen MR) is 78.1 cm³/mol. The molecule has 8 heteroatoms. The molecular weight excluding hydrogens is 306 g/mol. The fraction of sp³-hybridized carbons (Fsp3) is 0.533. The minimum absolute atomic E-state index is 0.0735. The molecule has 0 saturated carbocycles. The second kappa shape index (κ2) is 7.82. The average molecular weight is 327 g/mol. The van der Waals surface area contributed by atoms with E-state index in [0.717, 1.165) is 5.56 Å². The number of hydrogen-bond acceptors (Lipinski definition) is 7. The molecule has 1 aliphatic heterocycles. The lowest BCUT2D eigenvalue weighted by molar-refractivity contribution is -0.236. The topological polar surface area (TPSA) is 139 Å².